The third-order valence-electron chi connectivity index (χ3n) is 3.58. The van der Waals surface area contributed by atoms with Crippen LogP contribution >= 0.6 is 0 Å². The van der Waals surface area contributed by atoms with Crippen LogP contribution in [-0.4, -0.2) is 56.5 Å². The molecule has 0 bridgehead atoms. The van der Waals surface area contributed by atoms with Gasteiger partial charge >= 0.3 is 6.03 Å². The number of nitrogens with zero attached hydrogens (tertiary/aromatic N) is 1. The molecule has 5 nitrogen and oxygen atoms in total. The predicted molar refractivity (Wildman–Crippen MR) is 81.3 cm³/mol. The Morgan fingerprint density at radius 2 is 2.41 bits per heavy atom. The van der Waals surface area contributed by atoms with Crippen LogP contribution in [0.25, 0.3) is 0 Å². The van der Waals surface area contributed by atoms with Gasteiger partial charge in [0.15, 0.2) is 0 Å². The van der Waals surface area contributed by atoms with Gasteiger partial charge in [-0.05, 0) is 31.0 Å². The summed E-state index contributed by atoms with van der Waals surface area (Å²) in [6, 6.07) is 6.25. The second-order valence-electron chi connectivity index (χ2n) is 5.58. The van der Waals surface area contributed by atoms with Gasteiger partial charge in [-0.15, -0.1) is 0 Å². The summed E-state index contributed by atoms with van der Waals surface area (Å²) in [5, 5.41) is 2.95. The largest absolute Gasteiger partial charge is 0.382 e. The third-order valence-corrected chi connectivity index (χ3v) is 3.58. The monoisotopic (exact) mass is 310 g/mol. The van der Waals surface area contributed by atoms with Crippen LogP contribution in [0.3, 0.4) is 0 Å². The van der Waals surface area contributed by atoms with E-state index in [1.807, 2.05) is 13.0 Å². The topological polar surface area (TPSA) is 50.8 Å². The van der Waals surface area contributed by atoms with Crippen LogP contribution < -0.4 is 5.32 Å². The first-order valence-corrected chi connectivity index (χ1v) is 7.49. The molecule has 0 spiro atoms. The van der Waals surface area contributed by atoms with E-state index in [0.29, 0.717) is 32.7 Å². The van der Waals surface area contributed by atoms with Gasteiger partial charge in [0, 0.05) is 19.7 Å². The average Bonchev–Trinajstić information content (AvgIpc) is 2.47. The second kappa shape index (κ2) is 8.10. The van der Waals surface area contributed by atoms with Crippen molar-refractivity contribution in [2.24, 2.45) is 0 Å². The molecule has 1 aromatic carbocycles. The summed E-state index contributed by atoms with van der Waals surface area (Å²) in [4.78, 5) is 14.0. The Bertz CT molecular complexity index is 496. The summed E-state index contributed by atoms with van der Waals surface area (Å²) >= 11 is 0. The molecule has 1 N–H and O–H groups in total. The summed E-state index contributed by atoms with van der Waals surface area (Å²) < 4.78 is 23.8. The molecule has 2 amide bonds. The van der Waals surface area contributed by atoms with Gasteiger partial charge in [-0.1, -0.05) is 12.1 Å². The van der Waals surface area contributed by atoms with Gasteiger partial charge in [-0.25, -0.2) is 9.18 Å². The molecule has 0 aliphatic carbocycles. The Hall–Kier alpha value is -1.66. The lowest BCUT2D eigenvalue weighted by Gasteiger charge is -2.33. The average molecular weight is 310 g/mol. The number of halogens is 1. The number of amides is 2. The zero-order valence-electron chi connectivity index (χ0n) is 13.0. The smallest absolute Gasteiger partial charge is 0.317 e. The first-order chi connectivity index (χ1) is 10.6. The van der Waals surface area contributed by atoms with Gasteiger partial charge in [0.2, 0.25) is 0 Å². The van der Waals surface area contributed by atoms with Crippen molar-refractivity contribution >= 4 is 6.03 Å². The van der Waals surface area contributed by atoms with Crippen LogP contribution in [0.4, 0.5) is 9.18 Å². The molecule has 1 aliphatic rings. The Labute approximate surface area is 130 Å². The molecule has 0 radical (unpaired) electrons. The lowest BCUT2D eigenvalue weighted by Crippen LogP contribution is -2.52. The van der Waals surface area contributed by atoms with Crippen molar-refractivity contribution in [2.45, 2.75) is 25.5 Å². The molecule has 2 unspecified atom stereocenters. The number of methoxy groups -OCH3 is 1. The van der Waals surface area contributed by atoms with Crippen molar-refractivity contribution in [1.82, 2.24) is 10.2 Å². The van der Waals surface area contributed by atoms with Crippen molar-refractivity contribution in [1.29, 1.82) is 0 Å². The number of ether oxygens (including phenoxy) is 2. The van der Waals surface area contributed by atoms with Crippen LogP contribution in [0, 0.1) is 5.82 Å². The van der Waals surface area contributed by atoms with Crippen LogP contribution in [-0.2, 0) is 15.9 Å². The second-order valence-corrected chi connectivity index (χ2v) is 5.58. The fraction of sp³-hybridized carbons (Fsp3) is 0.562. The zero-order chi connectivity index (χ0) is 15.9. The number of morpholine rings is 1. The van der Waals surface area contributed by atoms with Gasteiger partial charge < -0.3 is 19.7 Å². The minimum Gasteiger partial charge on any atom is -0.382 e. The molecule has 1 heterocycles. The molecule has 2 rings (SSSR count). The molecule has 1 aliphatic heterocycles. The number of nitrogens with one attached hydrogen (secondary N) is 1. The maximum atomic E-state index is 13.2. The maximum Gasteiger partial charge on any atom is 0.317 e. The van der Waals surface area contributed by atoms with Crippen molar-refractivity contribution in [2.75, 3.05) is 33.4 Å². The highest BCUT2D eigenvalue weighted by Crippen LogP contribution is 2.09. The molecule has 1 saturated heterocycles. The highest BCUT2D eigenvalue weighted by molar-refractivity contribution is 5.74. The molecule has 22 heavy (non-hydrogen) atoms. The number of benzene rings is 1. The summed E-state index contributed by atoms with van der Waals surface area (Å²) in [6.45, 7) is 3.99. The molecule has 1 fully saturated rings. The number of carbonyl (C=O) groups is 1. The van der Waals surface area contributed by atoms with E-state index in [1.165, 1.54) is 12.1 Å². The Morgan fingerprint density at radius 1 is 1.59 bits per heavy atom. The molecule has 0 aromatic heterocycles. The van der Waals surface area contributed by atoms with Crippen LogP contribution in [0.2, 0.25) is 0 Å². The quantitative estimate of drug-likeness (QED) is 0.902. The van der Waals surface area contributed by atoms with E-state index in [-0.39, 0.29) is 24.0 Å². The normalized spacial score (nSPS) is 19.8. The van der Waals surface area contributed by atoms with Crippen LogP contribution in [0.15, 0.2) is 24.3 Å². The Kier molecular flexibility index (Phi) is 6.15. The first kappa shape index (κ1) is 16.7. The van der Waals surface area contributed by atoms with E-state index in [9.17, 15) is 9.18 Å². The van der Waals surface area contributed by atoms with E-state index in [1.54, 1.807) is 18.1 Å². The van der Waals surface area contributed by atoms with Crippen molar-refractivity contribution in [3.05, 3.63) is 35.6 Å². The highest BCUT2D eigenvalue weighted by Gasteiger charge is 2.24. The predicted octanol–water partition coefficient (Wildman–Crippen LogP) is 1.81. The lowest BCUT2D eigenvalue weighted by atomic mass is 10.1. The summed E-state index contributed by atoms with van der Waals surface area (Å²) in [7, 11) is 1.61. The van der Waals surface area contributed by atoms with Crippen molar-refractivity contribution in [3.63, 3.8) is 0 Å². The lowest BCUT2D eigenvalue weighted by molar-refractivity contribution is -0.0496. The van der Waals surface area contributed by atoms with Gasteiger partial charge in [0.1, 0.15) is 5.82 Å². The van der Waals surface area contributed by atoms with Crippen LogP contribution in [0.1, 0.15) is 12.5 Å². The SMILES string of the molecule is COCC1CN(C(=O)NC(C)Cc2cccc(F)c2)CCO1. The Morgan fingerprint density at radius 3 is 3.14 bits per heavy atom. The number of rotatable bonds is 5. The third kappa shape index (κ3) is 4.96. The standard InChI is InChI=1S/C16H23FN2O3/c1-12(8-13-4-3-5-14(17)9-13)18-16(20)19-6-7-22-15(10-19)11-21-2/h3-5,9,12,15H,6-8,10-11H2,1-2H3,(H,18,20). The number of hydrogen-bond donors (Lipinski definition) is 1. The zero-order valence-corrected chi connectivity index (χ0v) is 13.0. The number of hydrogen-bond acceptors (Lipinski definition) is 3. The minimum absolute atomic E-state index is 0.0713. The number of carbonyl (C=O) groups excluding carboxylic acids is 1. The van der Waals surface area contributed by atoms with Gasteiger partial charge in [-0.2, -0.15) is 0 Å². The van der Waals surface area contributed by atoms with Gasteiger partial charge in [-0.3, -0.25) is 0 Å². The molecular formula is C16H23FN2O3. The summed E-state index contributed by atoms with van der Waals surface area (Å²) in [5.74, 6) is -0.258. The fourth-order valence-corrected chi connectivity index (χ4v) is 2.56. The van der Waals surface area contributed by atoms with E-state index < -0.39 is 0 Å². The van der Waals surface area contributed by atoms with Gasteiger partial charge in [0.05, 0.1) is 25.9 Å². The molecule has 6 heteroatoms. The molecule has 0 saturated carbocycles. The summed E-state index contributed by atoms with van der Waals surface area (Å²) in [6.07, 6.45) is 0.512. The molecule has 122 valence electrons. The van der Waals surface area contributed by atoms with Gasteiger partial charge in [0.25, 0.3) is 0 Å². The van der Waals surface area contributed by atoms with E-state index >= 15 is 0 Å². The van der Waals surface area contributed by atoms with E-state index in [4.69, 9.17) is 9.47 Å². The highest BCUT2D eigenvalue weighted by atomic mass is 19.1. The first-order valence-electron chi connectivity index (χ1n) is 7.49. The molecule has 2 atom stereocenters. The van der Waals surface area contributed by atoms with E-state index in [2.05, 4.69) is 5.32 Å². The summed E-state index contributed by atoms with van der Waals surface area (Å²) in [5.41, 5.74) is 0.868. The minimum atomic E-state index is -0.258. The molecular weight excluding hydrogens is 287 g/mol. The van der Waals surface area contributed by atoms with Crippen molar-refractivity contribution in [3.8, 4) is 0 Å². The Balaban J connectivity index is 1.83. The van der Waals surface area contributed by atoms with E-state index in [0.717, 1.165) is 5.56 Å². The number of urea groups is 1. The van der Waals surface area contributed by atoms with Crippen molar-refractivity contribution < 1.29 is 18.7 Å². The molecule has 1 aromatic rings. The van der Waals surface area contributed by atoms with Crippen LogP contribution in [0.5, 0.6) is 0 Å². The maximum absolute atomic E-state index is 13.2. The fourth-order valence-electron chi connectivity index (χ4n) is 2.56.